The second-order valence-electron chi connectivity index (χ2n) is 5.27. The van der Waals surface area contributed by atoms with Crippen LogP contribution < -0.4 is 0 Å². The fourth-order valence-electron chi connectivity index (χ4n) is 2.16. The monoisotopic (exact) mass is 320 g/mol. The molecule has 0 aromatic heterocycles. The molecule has 3 heteroatoms. The van der Waals surface area contributed by atoms with E-state index in [0.29, 0.717) is 20.3 Å². The zero-order chi connectivity index (χ0) is 11.9. The molecule has 0 nitrogen and oxygen atoms in total. The molecule has 1 fully saturated rings. The predicted molar refractivity (Wildman–Crippen MR) is 74.8 cm³/mol. The van der Waals surface area contributed by atoms with Gasteiger partial charge in [0, 0.05) is 4.83 Å². The van der Waals surface area contributed by atoms with Gasteiger partial charge in [-0.2, -0.15) is 0 Å². The molecule has 1 aliphatic carbocycles. The summed E-state index contributed by atoms with van der Waals surface area (Å²) in [6, 6.07) is 5.89. The number of halogens is 3. The lowest BCUT2D eigenvalue weighted by molar-refractivity contribution is 0.546. The highest BCUT2D eigenvalue weighted by atomic mass is 79.9. The summed E-state index contributed by atoms with van der Waals surface area (Å²) in [5.41, 5.74) is 1.75. The normalized spacial score (nSPS) is 24.2. The first-order valence-electron chi connectivity index (χ1n) is 5.48. The molecule has 0 saturated heterocycles. The smallest absolute Gasteiger partial charge is 0.0595 e. The second-order valence-corrected chi connectivity index (χ2v) is 7.26. The van der Waals surface area contributed by atoms with Gasteiger partial charge >= 0.3 is 0 Å². The summed E-state index contributed by atoms with van der Waals surface area (Å²) < 4.78 is 0. The molecule has 2 rings (SSSR count). The van der Waals surface area contributed by atoms with Crippen molar-refractivity contribution >= 4 is 39.1 Å². The fourth-order valence-corrected chi connectivity index (χ4v) is 3.76. The summed E-state index contributed by atoms with van der Waals surface area (Å²) in [5, 5.41) is 1.28. The highest BCUT2D eigenvalue weighted by Gasteiger charge is 2.49. The Labute approximate surface area is 115 Å². The van der Waals surface area contributed by atoms with Gasteiger partial charge in [-0.1, -0.05) is 59.0 Å². The molecule has 0 spiro atoms. The Balaban J connectivity index is 2.02. The van der Waals surface area contributed by atoms with Crippen molar-refractivity contribution in [3.05, 3.63) is 33.8 Å². The number of hydrogen-bond acceptors (Lipinski definition) is 0. The van der Waals surface area contributed by atoms with Crippen LogP contribution >= 0.6 is 39.1 Å². The van der Waals surface area contributed by atoms with Gasteiger partial charge in [-0.05, 0) is 41.9 Å². The van der Waals surface area contributed by atoms with Crippen LogP contribution in [0.3, 0.4) is 0 Å². The van der Waals surface area contributed by atoms with E-state index in [4.69, 9.17) is 23.2 Å². The number of rotatable bonds is 3. The number of benzene rings is 1. The van der Waals surface area contributed by atoms with Crippen LogP contribution in [-0.2, 0) is 6.42 Å². The largest absolute Gasteiger partial charge is 0.0884 e. The van der Waals surface area contributed by atoms with Gasteiger partial charge in [0.25, 0.3) is 0 Å². The lowest BCUT2D eigenvalue weighted by Crippen LogP contribution is -2.09. The van der Waals surface area contributed by atoms with E-state index in [1.807, 2.05) is 12.1 Å². The van der Waals surface area contributed by atoms with Crippen molar-refractivity contribution in [1.82, 2.24) is 0 Å². The first-order chi connectivity index (χ1) is 7.40. The molecule has 0 heterocycles. The Kier molecular flexibility index (Phi) is 3.59. The Morgan fingerprint density at radius 1 is 1.38 bits per heavy atom. The summed E-state index contributed by atoms with van der Waals surface area (Å²) in [5.74, 6) is 0.780. The quantitative estimate of drug-likeness (QED) is 0.659. The average molecular weight is 322 g/mol. The van der Waals surface area contributed by atoms with Crippen LogP contribution in [0.1, 0.15) is 25.8 Å². The van der Waals surface area contributed by atoms with E-state index in [1.165, 1.54) is 12.0 Å². The third kappa shape index (κ3) is 2.75. The molecule has 1 aliphatic rings. The Bertz CT molecular complexity index is 401. The van der Waals surface area contributed by atoms with E-state index in [0.717, 1.165) is 12.3 Å². The molecule has 0 N–H and O–H groups in total. The minimum atomic E-state index is 0.504. The van der Waals surface area contributed by atoms with Crippen LogP contribution in [0.5, 0.6) is 0 Å². The van der Waals surface area contributed by atoms with Gasteiger partial charge in [-0.25, -0.2) is 0 Å². The van der Waals surface area contributed by atoms with Crippen LogP contribution in [0.25, 0.3) is 0 Å². The maximum Gasteiger partial charge on any atom is 0.0595 e. The maximum absolute atomic E-state index is 6.00. The average Bonchev–Trinajstić information content (AvgIpc) is 2.82. The third-order valence-electron chi connectivity index (χ3n) is 3.44. The number of alkyl halides is 1. The molecule has 0 aliphatic heterocycles. The zero-order valence-electron chi connectivity index (χ0n) is 9.43. The van der Waals surface area contributed by atoms with E-state index in [-0.39, 0.29) is 0 Å². The molecule has 0 amide bonds. The van der Waals surface area contributed by atoms with Crippen molar-refractivity contribution in [2.45, 2.75) is 31.5 Å². The highest BCUT2D eigenvalue weighted by Crippen LogP contribution is 2.56. The molecule has 1 aromatic carbocycles. The first kappa shape index (κ1) is 12.7. The van der Waals surface area contributed by atoms with E-state index in [9.17, 15) is 0 Å². The van der Waals surface area contributed by atoms with Crippen LogP contribution in [0.15, 0.2) is 18.2 Å². The molecular formula is C13H15BrCl2. The SMILES string of the molecule is CC1(C)CC1C(Br)Cc1ccc(Cl)c(Cl)c1. The second kappa shape index (κ2) is 4.51. The molecular weight excluding hydrogens is 307 g/mol. The van der Waals surface area contributed by atoms with E-state index in [1.54, 1.807) is 0 Å². The van der Waals surface area contributed by atoms with Crippen LogP contribution in [-0.4, -0.2) is 4.83 Å². The first-order valence-corrected chi connectivity index (χ1v) is 7.15. The molecule has 88 valence electrons. The van der Waals surface area contributed by atoms with Gasteiger partial charge in [0.2, 0.25) is 0 Å². The molecule has 1 saturated carbocycles. The molecule has 1 aromatic rings. The summed E-state index contributed by atoms with van der Waals surface area (Å²) in [6.45, 7) is 4.64. The fraction of sp³-hybridized carbons (Fsp3) is 0.538. The van der Waals surface area contributed by atoms with E-state index in [2.05, 4.69) is 35.8 Å². The lowest BCUT2D eigenvalue weighted by atomic mass is 10.0. The number of hydrogen-bond donors (Lipinski definition) is 0. The van der Waals surface area contributed by atoms with Crippen molar-refractivity contribution in [1.29, 1.82) is 0 Å². The zero-order valence-corrected chi connectivity index (χ0v) is 12.5. The topological polar surface area (TPSA) is 0 Å². The van der Waals surface area contributed by atoms with Gasteiger partial charge < -0.3 is 0 Å². The highest BCUT2D eigenvalue weighted by molar-refractivity contribution is 9.09. The predicted octanol–water partition coefficient (Wildman–Crippen LogP) is 5.35. The molecule has 0 radical (unpaired) electrons. The van der Waals surface area contributed by atoms with Crippen molar-refractivity contribution in [3.63, 3.8) is 0 Å². The minimum Gasteiger partial charge on any atom is -0.0884 e. The standard InChI is InChI=1S/C13H15BrCl2/c1-13(2)7-9(13)10(14)5-8-3-4-11(15)12(16)6-8/h3-4,6,9-10H,5,7H2,1-2H3. The minimum absolute atomic E-state index is 0.504. The van der Waals surface area contributed by atoms with E-state index < -0.39 is 0 Å². The van der Waals surface area contributed by atoms with Crippen LogP contribution in [0.2, 0.25) is 10.0 Å². The summed E-state index contributed by atoms with van der Waals surface area (Å²) >= 11 is 15.7. The van der Waals surface area contributed by atoms with Gasteiger partial charge in [0.15, 0.2) is 0 Å². The van der Waals surface area contributed by atoms with E-state index >= 15 is 0 Å². The van der Waals surface area contributed by atoms with Gasteiger partial charge in [-0.3, -0.25) is 0 Å². The summed E-state index contributed by atoms with van der Waals surface area (Å²) in [7, 11) is 0. The van der Waals surface area contributed by atoms with Gasteiger partial charge in [0.1, 0.15) is 0 Å². The van der Waals surface area contributed by atoms with Crippen LogP contribution in [0.4, 0.5) is 0 Å². The van der Waals surface area contributed by atoms with Gasteiger partial charge in [0.05, 0.1) is 10.0 Å². The van der Waals surface area contributed by atoms with Crippen molar-refractivity contribution < 1.29 is 0 Å². The maximum atomic E-state index is 6.00. The Morgan fingerprint density at radius 2 is 2.00 bits per heavy atom. The molecule has 2 unspecified atom stereocenters. The Morgan fingerprint density at radius 3 is 2.50 bits per heavy atom. The summed E-state index contributed by atoms with van der Waals surface area (Å²) in [4.78, 5) is 0.541. The molecule has 0 bridgehead atoms. The lowest BCUT2D eigenvalue weighted by Gasteiger charge is -2.12. The van der Waals surface area contributed by atoms with Gasteiger partial charge in [-0.15, -0.1) is 0 Å². The third-order valence-corrected chi connectivity index (χ3v) is 5.14. The molecule has 16 heavy (non-hydrogen) atoms. The van der Waals surface area contributed by atoms with Crippen molar-refractivity contribution in [3.8, 4) is 0 Å². The Hall–Kier alpha value is 0.280. The van der Waals surface area contributed by atoms with Crippen molar-refractivity contribution in [2.24, 2.45) is 11.3 Å². The van der Waals surface area contributed by atoms with Crippen LogP contribution in [0, 0.1) is 11.3 Å². The van der Waals surface area contributed by atoms with Crippen molar-refractivity contribution in [2.75, 3.05) is 0 Å². The molecule has 2 atom stereocenters. The summed E-state index contributed by atoms with van der Waals surface area (Å²) in [6.07, 6.45) is 2.33.